The van der Waals surface area contributed by atoms with Gasteiger partial charge in [0.2, 0.25) is 0 Å². The van der Waals surface area contributed by atoms with E-state index in [4.69, 9.17) is 16.2 Å². The van der Waals surface area contributed by atoms with Gasteiger partial charge in [-0.1, -0.05) is 0 Å². The van der Waals surface area contributed by atoms with Crippen LogP contribution in [0.3, 0.4) is 0 Å². The van der Waals surface area contributed by atoms with Crippen LogP contribution in [0.15, 0.2) is 11.3 Å². The van der Waals surface area contributed by atoms with Gasteiger partial charge < -0.3 is 21.5 Å². The SMILES string of the molecule is C[C@H]1Nc2c(C(N)=O)ncn2[C@H]2N=C(N)O[C@@H]12. The third-order valence-electron chi connectivity index (χ3n) is 2.98. The molecule has 3 rings (SSSR count). The van der Waals surface area contributed by atoms with Crippen LogP contribution in [-0.2, 0) is 4.74 Å². The Morgan fingerprint density at radius 2 is 2.41 bits per heavy atom. The first-order chi connectivity index (χ1) is 8.08. The predicted molar refractivity (Wildman–Crippen MR) is 59.4 cm³/mol. The molecule has 0 unspecified atom stereocenters. The zero-order valence-corrected chi connectivity index (χ0v) is 9.12. The van der Waals surface area contributed by atoms with Crippen LogP contribution in [0.5, 0.6) is 0 Å². The fourth-order valence-corrected chi connectivity index (χ4v) is 2.20. The van der Waals surface area contributed by atoms with Gasteiger partial charge in [-0.2, -0.15) is 0 Å². The first-order valence-corrected chi connectivity index (χ1v) is 5.21. The number of ether oxygens (including phenoxy) is 1. The largest absolute Gasteiger partial charge is 0.456 e. The van der Waals surface area contributed by atoms with Crippen molar-refractivity contribution >= 4 is 17.7 Å². The van der Waals surface area contributed by atoms with Gasteiger partial charge >= 0.3 is 0 Å². The van der Waals surface area contributed by atoms with Crippen LogP contribution >= 0.6 is 0 Å². The summed E-state index contributed by atoms with van der Waals surface area (Å²) < 4.78 is 7.12. The van der Waals surface area contributed by atoms with E-state index in [0.29, 0.717) is 5.82 Å². The van der Waals surface area contributed by atoms with Gasteiger partial charge in [0.15, 0.2) is 18.0 Å². The summed E-state index contributed by atoms with van der Waals surface area (Å²) in [6.07, 6.45) is 1.02. The van der Waals surface area contributed by atoms with Crippen LogP contribution in [0.1, 0.15) is 23.6 Å². The van der Waals surface area contributed by atoms with Gasteiger partial charge in [-0.3, -0.25) is 9.36 Å². The van der Waals surface area contributed by atoms with Crippen LogP contribution in [0.4, 0.5) is 5.82 Å². The molecule has 0 bridgehead atoms. The molecule has 0 saturated heterocycles. The molecule has 1 aromatic heterocycles. The minimum absolute atomic E-state index is 0.0351. The summed E-state index contributed by atoms with van der Waals surface area (Å²) in [5.41, 5.74) is 11.0. The Balaban J connectivity index is 2.10. The minimum atomic E-state index is -0.576. The number of amides is 1. The highest BCUT2D eigenvalue weighted by Gasteiger charge is 2.42. The molecule has 0 saturated carbocycles. The second-order valence-electron chi connectivity index (χ2n) is 4.11. The lowest BCUT2D eigenvalue weighted by molar-refractivity contribution is 0.0995. The van der Waals surface area contributed by atoms with Crippen molar-refractivity contribution in [2.75, 3.05) is 5.32 Å². The number of nitrogens with two attached hydrogens (primary N) is 2. The number of aromatic nitrogens is 2. The number of rotatable bonds is 1. The van der Waals surface area contributed by atoms with Crippen LogP contribution in [0.2, 0.25) is 0 Å². The molecule has 17 heavy (non-hydrogen) atoms. The molecule has 0 fully saturated rings. The molecule has 8 nitrogen and oxygen atoms in total. The average Bonchev–Trinajstić information content (AvgIpc) is 2.80. The standard InChI is InChI=1S/C9H12N6O2/c1-3-5-8(14-9(11)17-5)15-2-12-4(6(10)16)7(15)13-3/h2-3,5,8,13H,1H3,(H2,10,16)(H2,11,14)/t3-,5+,8-/m1/s1. The quantitative estimate of drug-likeness (QED) is 0.578. The number of amidine groups is 1. The maximum atomic E-state index is 11.2. The Morgan fingerprint density at radius 3 is 3.12 bits per heavy atom. The summed E-state index contributed by atoms with van der Waals surface area (Å²) in [5.74, 6) is -0.0129. The van der Waals surface area contributed by atoms with Gasteiger partial charge in [-0.25, -0.2) is 9.98 Å². The number of hydrogen-bond acceptors (Lipinski definition) is 6. The van der Waals surface area contributed by atoms with E-state index in [1.165, 1.54) is 6.33 Å². The molecule has 2 aliphatic rings. The van der Waals surface area contributed by atoms with Gasteiger partial charge in [0.25, 0.3) is 11.9 Å². The number of hydrogen-bond donors (Lipinski definition) is 3. The Hall–Kier alpha value is -2.25. The summed E-state index contributed by atoms with van der Waals surface area (Å²) >= 11 is 0. The van der Waals surface area contributed by atoms with E-state index >= 15 is 0 Å². The van der Waals surface area contributed by atoms with E-state index < -0.39 is 5.91 Å². The van der Waals surface area contributed by atoms with Crippen molar-refractivity contribution in [3.05, 3.63) is 12.0 Å². The number of nitrogens with zero attached hydrogens (tertiary/aromatic N) is 3. The summed E-state index contributed by atoms with van der Waals surface area (Å²) in [5, 5.41) is 3.13. The lowest BCUT2D eigenvalue weighted by Crippen LogP contribution is -2.42. The second-order valence-corrected chi connectivity index (χ2v) is 4.11. The monoisotopic (exact) mass is 236 g/mol. The molecule has 8 heteroatoms. The summed E-state index contributed by atoms with van der Waals surface area (Å²) in [7, 11) is 0. The maximum absolute atomic E-state index is 11.2. The minimum Gasteiger partial charge on any atom is -0.456 e. The zero-order valence-electron chi connectivity index (χ0n) is 9.12. The molecule has 0 aliphatic carbocycles. The lowest BCUT2D eigenvalue weighted by Gasteiger charge is -2.32. The Labute approximate surface area is 96.6 Å². The van der Waals surface area contributed by atoms with Crippen molar-refractivity contribution in [1.29, 1.82) is 0 Å². The first-order valence-electron chi connectivity index (χ1n) is 5.21. The first kappa shape index (κ1) is 9.94. The molecule has 90 valence electrons. The van der Waals surface area contributed by atoms with Crippen molar-refractivity contribution in [1.82, 2.24) is 9.55 Å². The normalized spacial score (nSPS) is 29.7. The molecule has 1 aromatic rings. The number of imidazole rings is 1. The van der Waals surface area contributed by atoms with E-state index in [1.807, 2.05) is 6.92 Å². The van der Waals surface area contributed by atoms with Gasteiger partial charge in [0, 0.05) is 0 Å². The highest BCUT2D eigenvalue weighted by atomic mass is 16.5. The number of carbonyl (C=O) groups is 1. The van der Waals surface area contributed by atoms with Crippen molar-refractivity contribution in [2.45, 2.75) is 25.2 Å². The van der Waals surface area contributed by atoms with Gasteiger partial charge in [0.1, 0.15) is 5.82 Å². The zero-order chi connectivity index (χ0) is 12.2. The van der Waals surface area contributed by atoms with Crippen LogP contribution < -0.4 is 16.8 Å². The topological polar surface area (TPSA) is 121 Å². The third-order valence-corrected chi connectivity index (χ3v) is 2.98. The number of carbonyl (C=O) groups excluding carboxylic acids is 1. The lowest BCUT2D eigenvalue weighted by atomic mass is 10.1. The highest BCUT2D eigenvalue weighted by molar-refractivity contribution is 5.96. The van der Waals surface area contributed by atoms with Crippen molar-refractivity contribution in [2.24, 2.45) is 16.5 Å². The predicted octanol–water partition coefficient (Wildman–Crippen LogP) is -0.992. The third kappa shape index (κ3) is 1.26. The molecular formula is C9H12N6O2. The number of primary amides is 1. The van der Waals surface area contributed by atoms with Crippen molar-refractivity contribution in [3.63, 3.8) is 0 Å². The molecule has 0 radical (unpaired) electrons. The number of anilines is 1. The maximum Gasteiger partial charge on any atom is 0.284 e. The summed E-state index contributed by atoms with van der Waals surface area (Å²) in [4.78, 5) is 19.4. The molecule has 0 spiro atoms. The summed E-state index contributed by atoms with van der Waals surface area (Å²) in [6, 6.07) is 0.114. The molecular weight excluding hydrogens is 224 g/mol. The fraction of sp³-hybridized carbons (Fsp3) is 0.444. The highest BCUT2D eigenvalue weighted by Crippen LogP contribution is 2.35. The molecule has 0 aromatic carbocycles. The molecule has 2 aliphatic heterocycles. The number of nitrogens with one attached hydrogen (secondary N) is 1. The molecule has 1 amide bonds. The number of fused-ring (bicyclic) bond motifs is 3. The molecule has 3 atom stereocenters. The van der Waals surface area contributed by atoms with Crippen molar-refractivity contribution < 1.29 is 9.53 Å². The van der Waals surface area contributed by atoms with E-state index in [0.717, 1.165) is 0 Å². The Bertz CT molecular complexity index is 522. The van der Waals surface area contributed by atoms with Gasteiger partial charge in [0.05, 0.1) is 12.4 Å². The van der Waals surface area contributed by atoms with Crippen LogP contribution in [0.25, 0.3) is 0 Å². The average molecular weight is 236 g/mol. The van der Waals surface area contributed by atoms with Gasteiger partial charge in [-0.05, 0) is 6.92 Å². The number of aliphatic imine (C=N–C) groups is 1. The fourth-order valence-electron chi connectivity index (χ4n) is 2.20. The smallest absolute Gasteiger partial charge is 0.284 e. The van der Waals surface area contributed by atoms with E-state index in [9.17, 15) is 4.79 Å². The van der Waals surface area contributed by atoms with Crippen LogP contribution in [-0.4, -0.2) is 33.6 Å². The van der Waals surface area contributed by atoms with Crippen LogP contribution in [0, 0.1) is 0 Å². The molecule has 5 N–H and O–H groups in total. The van der Waals surface area contributed by atoms with E-state index in [-0.39, 0.29) is 30.0 Å². The Morgan fingerprint density at radius 1 is 1.65 bits per heavy atom. The molecule has 3 heterocycles. The Kier molecular flexibility index (Phi) is 1.83. The van der Waals surface area contributed by atoms with E-state index in [1.54, 1.807) is 4.57 Å². The second kappa shape index (κ2) is 3.12. The van der Waals surface area contributed by atoms with E-state index in [2.05, 4.69) is 15.3 Å². The van der Waals surface area contributed by atoms with Gasteiger partial charge in [-0.15, -0.1) is 0 Å². The summed E-state index contributed by atoms with van der Waals surface area (Å²) in [6.45, 7) is 1.92. The van der Waals surface area contributed by atoms with Crippen molar-refractivity contribution in [3.8, 4) is 0 Å².